The molecule has 0 heterocycles. The van der Waals surface area contributed by atoms with E-state index in [9.17, 15) is 14.4 Å². The number of carbonyl (C=O) groups is 3. The van der Waals surface area contributed by atoms with Crippen LogP contribution in [-0.4, -0.2) is 30.1 Å². The van der Waals surface area contributed by atoms with E-state index in [0.29, 0.717) is 17.1 Å². The van der Waals surface area contributed by atoms with E-state index in [1.807, 2.05) is 18.2 Å². The highest BCUT2D eigenvalue weighted by Gasteiger charge is 2.51. The second kappa shape index (κ2) is 9.98. The van der Waals surface area contributed by atoms with Crippen LogP contribution in [0.2, 0.25) is 0 Å². The number of amides is 5. The number of carbonyl (C=O) groups excluding carboxylic acids is 3. The predicted octanol–water partition coefficient (Wildman–Crippen LogP) is 4.93. The van der Waals surface area contributed by atoms with Gasteiger partial charge in [0, 0.05) is 35.6 Å². The molecule has 0 radical (unpaired) electrons. The summed E-state index contributed by atoms with van der Waals surface area (Å²) in [6, 6.07) is 15.6. The molecule has 0 saturated heterocycles. The highest BCUT2D eigenvalue weighted by atomic mass is 16.2. The zero-order valence-corrected chi connectivity index (χ0v) is 19.8. The number of hydrogen-bond donors (Lipinski definition) is 5. The van der Waals surface area contributed by atoms with E-state index in [0.717, 1.165) is 37.0 Å². The normalized spacial score (nSPS) is 26.0. The van der Waals surface area contributed by atoms with Crippen molar-refractivity contribution in [2.24, 2.45) is 17.8 Å². The Hall–Kier alpha value is -3.55. The van der Waals surface area contributed by atoms with Crippen molar-refractivity contribution >= 4 is 35.0 Å². The zero-order chi connectivity index (χ0) is 24.3. The number of anilines is 3. The molecule has 0 aliphatic heterocycles. The minimum Gasteiger partial charge on any atom is -0.338 e. The Bertz CT molecular complexity index is 1030. The lowest BCUT2D eigenvalue weighted by Gasteiger charge is -2.56. The van der Waals surface area contributed by atoms with E-state index in [-0.39, 0.29) is 36.5 Å². The quantitative estimate of drug-likeness (QED) is 0.392. The van der Waals surface area contributed by atoms with Gasteiger partial charge in [-0.3, -0.25) is 4.79 Å². The Kier molecular flexibility index (Phi) is 6.61. The molecule has 4 aliphatic rings. The number of para-hydroxylation sites is 1. The van der Waals surface area contributed by atoms with Crippen molar-refractivity contribution in [2.75, 3.05) is 22.5 Å². The average molecular weight is 476 g/mol. The fourth-order valence-corrected chi connectivity index (χ4v) is 6.51. The van der Waals surface area contributed by atoms with Crippen LogP contribution in [0.1, 0.15) is 44.9 Å². The molecule has 0 spiro atoms. The molecule has 4 bridgehead atoms. The van der Waals surface area contributed by atoms with Gasteiger partial charge in [-0.2, -0.15) is 0 Å². The van der Waals surface area contributed by atoms with Gasteiger partial charge in [-0.1, -0.05) is 18.2 Å². The molecule has 8 nitrogen and oxygen atoms in total. The molecule has 4 fully saturated rings. The van der Waals surface area contributed by atoms with E-state index in [4.69, 9.17) is 0 Å². The van der Waals surface area contributed by atoms with Gasteiger partial charge in [-0.25, -0.2) is 9.59 Å². The lowest BCUT2D eigenvalue weighted by Crippen LogP contribution is -2.61. The van der Waals surface area contributed by atoms with Gasteiger partial charge in [-0.15, -0.1) is 0 Å². The molecule has 0 atom stereocenters. The third-order valence-electron chi connectivity index (χ3n) is 7.51. The monoisotopic (exact) mass is 475 g/mol. The van der Waals surface area contributed by atoms with Crippen molar-refractivity contribution in [3.8, 4) is 0 Å². The molecule has 0 aromatic heterocycles. The highest BCUT2D eigenvalue weighted by Crippen LogP contribution is 2.55. The molecule has 35 heavy (non-hydrogen) atoms. The minimum absolute atomic E-state index is 0.0329. The highest BCUT2D eigenvalue weighted by molar-refractivity contribution is 6.00. The second-order valence-corrected chi connectivity index (χ2v) is 10.4. The molecular weight excluding hydrogens is 442 g/mol. The van der Waals surface area contributed by atoms with E-state index < -0.39 is 0 Å². The van der Waals surface area contributed by atoms with Crippen LogP contribution in [0.4, 0.5) is 26.7 Å². The van der Waals surface area contributed by atoms with Crippen LogP contribution < -0.4 is 26.6 Å². The fraction of sp³-hybridized carbons (Fsp3) is 0.444. The first kappa shape index (κ1) is 23.2. The van der Waals surface area contributed by atoms with Crippen molar-refractivity contribution in [3.05, 3.63) is 54.6 Å². The average Bonchev–Trinajstić information content (AvgIpc) is 2.80. The van der Waals surface area contributed by atoms with Gasteiger partial charge in [-0.05, 0) is 92.7 Å². The summed E-state index contributed by atoms with van der Waals surface area (Å²) < 4.78 is 0. The summed E-state index contributed by atoms with van der Waals surface area (Å²) in [4.78, 5) is 36.9. The van der Waals surface area contributed by atoms with E-state index in [2.05, 4.69) is 26.6 Å². The Morgan fingerprint density at radius 3 is 1.77 bits per heavy atom. The van der Waals surface area contributed by atoms with Gasteiger partial charge in [0.05, 0.1) is 0 Å². The van der Waals surface area contributed by atoms with Crippen LogP contribution in [0.15, 0.2) is 54.6 Å². The first-order valence-electron chi connectivity index (χ1n) is 12.5. The summed E-state index contributed by atoms with van der Waals surface area (Å²) in [6.07, 6.45) is 7.50. The number of urea groups is 2. The first-order chi connectivity index (χ1) is 16.9. The Labute approximate surface area is 205 Å². The third kappa shape index (κ3) is 5.93. The van der Waals surface area contributed by atoms with Gasteiger partial charge in [0.15, 0.2) is 0 Å². The fourth-order valence-electron chi connectivity index (χ4n) is 6.51. The largest absolute Gasteiger partial charge is 0.338 e. The Morgan fingerprint density at radius 2 is 1.20 bits per heavy atom. The summed E-state index contributed by atoms with van der Waals surface area (Å²) in [5, 5.41) is 14.5. The lowest BCUT2D eigenvalue weighted by molar-refractivity contribution is -0.116. The predicted molar refractivity (Wildman–Crippen MR) is 136 cm³/mol. The molecule has 5 amide bonds. The van der Waals surface area contributed by atoms with E-state index in [1.54, 1.807) is 36.4 Å². The number of benzene rings is 2. The molecule has 8 heteroatoms. The molecule has 0 unspecified atom stereocenters. The maximum Gasteiger partial charge on any atom is 0.323 e. The molecular formula is C27H33N5O3. The number of rotatable bonds is 7. The van der Waals surface area contributed by atoms with Crippen LogP contribution in [-0.2, 0) is 4.79 Å². The van der Waals surface area contributed by atoms with Gasteiger partial charge in [0.25, 0.3) is 0 Å². The molecule has 4 saturated carbocycles. The molecule has 2 aromatic rings. The van der Waals surface area contributed by atoms with Crippen LogP contribution in [0.3, 0.4) is 0 Å². The SMILES string of the molecule is O=C(CCNC(=O)NC12CC3CC(CC(C3)C1)C2)Nc1ccc(NC(=O)Nc2ccccc2)cc1. The van der Waals surface area contributed by atoms with Gasteiger partial charge < -0.3 is 26.6 Å². The smallest absolute Gasteiger partial charge is 0.323 e. The number of nitrogens with one attached hydrogen (secondary N) is 5. The van der Waals surface area contributed by atoms with Crippen LogP contribution in [0, 0.1) is 17.8 Å². The maximum absolute atomic E-state index is 12.5. The Morgan fingerprint density at radius 1 is 0.686 bits per heavy atom. The lowest BCUT2D eigenvalue weighted by atomic mass is 9.53. The van der Waals surface area contributed by atoms with Crippen LogP contribution >= 0.6 is 0 Å². The molecule has 5 N–H and O–H groups in total. The standard InChI is InChI=1S/C27H33N5O3/c33-24(10-11-28-25(34)32-27-15-18-12-19(16-27)14-20(13-18)17-27)29-22-6-8-23(9-7-22)31-26(35)30-21-4-2-1-3-5-21/h1-9,18-20H,10-17H2,(H,29,33)(H2,28,32,34)(H2,30,31,35). The first-order valence-corrected chi connectivity index (χ1v) is 12.5. The summed E-state index contributed by atoms with van der Waals surface area (Å²) in [7, 11) is 0. The second-order valence-electron chi connectivity index (χ2n) is 10.4. The van der Waals surface area contributed by atoms with Gasteiger partial charge >= 0.3 is 12.1 Å². The van der Waals surface area contributed by atoms with Crippen LogP contribution in [0.25, 0.3) is 0 Å². The van der Waals surface area contributed by atoms with E-state index in [1.165, 1.54) is 19.3 Å². The molecule has 184 valence electrons. The summed E-state index contributed by atoms with van der Waals surface area (Å²) >= 11 is 0. The van der Waals surface area contributed by atoms with Crippen molar-refractivity contribution in [3.63, 3.8) is 0 Å². The molecule has 2 aromatic carbocycles. The summed E-state index contributed by atoms with van der Waals surface area (Å²) in [6.45, 7) is 0.281. The van der Waals surface area contributed by atoms with E-state index >= 15 is 0 Å². The molecule has 6 rings (SSSR count). The van der Waals surface area contributed by atoms with Crippen molar-refractivity contribution in [1.82, 2.24) is 10.6 Å². The van der Waals surface area contributed by atoms with Crippen LogP contribution in [0.5, 0.6) is 0 Å². The zero-order valence-electron chi connectivity index (χ0n) is 19.8. The number of hydrogen-bond acceptors (Lipinski definition) is 3. The van der Waals surface area contributed by atoms with Crippen molar-refractivity contribution in [1.29, 1.82) is 0 Å². The minimum atomic E-state index is -0.342. The molecule has 4 aliphatic carbocycles. The van der Waals surface area contributed by atoms with Crippen molar-refractivity contribution in [2.45, 2.75) is 50.5 Å². The van der Waals surface area contributed by atoms with Gasteiger partial charge in [0.1, 0.15) is 0 Å². The van der Waals surface area contributed by atoms with Crippen molar-refractivity contribution < 1.29 is 14.4 Å². The third-order valence-corrected chi connectivity index (χ3v) is 7.51. The van der Waals surface area contributed by atoms with Gasteiger partial charge in [0.2, 0.25) is 5.91 Å². The topological polar surface area (TPSA) is 111 Å². The Balaban J connectivity index is 1.02. The summed E-state index contributed by atoms with van der Waals surface area (Å²) in [5.74, 6) is 2.13. The summed E-state index contributed by atoms with van der Waals surface area (Å²) in [5.41, 5.74) is 1.91. The maximum atomic E-state index is 12.5.